The first kappa shape index (κ1) is 14.5. The minimum Gasteiger partial charge on any atom is -0.314 e. The standard InChI is InChI=1S/C17H18ClFN2/c18-16-7-6-15(19)10-14(16)12-21-9-8-20-11-17(21)13-4-2-1-3-5-13/h1-7,10,17,20H,8-9,11-12H2. The molecule has 1 atom stereocenters. The molecule has 0 saturated carbocycles. The Labute approximate surface area is 129 Å². The van der Waals surface area contributed by atoms with E-state index in [4.69, 9.17) is 11.6 Å². The Balaban J connectivity index is 1.83. The predicted molar refractivity (Wildman–Crippen MR) is 83.9 cm³/mol. The van der Waals surface area contributed by atoms with Crippen molar-refractivity contribution in [1.82, 2.24) is 10.2 Å². The molecule has 2 nitrogen and oxygen atoms in total. The molecule has 4 heteroatoms. The second-order valence-electron chi connectivity index (χ2n) is 5.34. The fourth-order valence-corrected chi connectivity index (χ4v) is 3.00. The number of piperazine rings is 1. The summed E-state index contributed by atoms with van der Waals surface area (Å²) in [4.78, 5) is 2.35. The van der Waals surface area contributed by atoms with Gasteiger partial charge in [0.25, 0.3) is 0 Å². The summed E-state index contributed by atoms with van der Waals surface area (Å²) in [6.07, 6.45) is 0. The van der Waals surface area contributed by atoms with Crippen LogP contribution in [0.3, 0.4) is 0 Å². The third-order valence-electron chi connectivity index (χ3n) is 3.92. The summed E-state index contributed by atoms with van der Waals surface area (Å²) in [7, 11) is 0. The van der Waals surface area contributed by atoms with Crippen LogP contribution in [0.5, 0.6) is 0 Å². The van der Waals surface area contributed by atoms with Crippen LogP contribution >= 0.6 is 11.6 Å². The van der Waals surface area contributed by atoms with E-state index in [0.717, 1.165) is 25.2 Å². The summed E-state index contributed by atoms with van der Waals surface area (Å²) in [6.45, 7) is 3.43. The first-order chi connectivity index (χ1) is 10.2. The molecular weight excluding hydrogens is 287 g/mol. The van der Waals surface area contributed by atoms with E-state index in [9.17, 15) is 4.39 Å². The van der Waals surface area contributed by atoms with Crippen molar-refractivity contribution in [2.45, 2.75) is 12.6 Å². The molecular formula is C17H18ClFN2. The Kier molecular flexibility index (Phi) is 4.54. The smallest absolute Gasteiger partial charge is 0.123 e. The zero-order chi connectivity index (χ0) is 14.7. The van der Waals surface area contributed by atoms with Crippen LogP contribution < -0.4 is 5.32 Å². The van der Waals surface area contributed by atoms with E-state index in [1.807, 2.05) is 6.07 Å². The average Bonchev–Trinajstić information content (AvgIpc) is 2.52. The normalized spacial score (nSPS) is 19.6. The molecule has 0 spiro atoms. The van der Waals surface area contributed by atoms with Crippen molar-refractivity contribution >= 4 is 11.6 Å². The maximum atomic E-state index is 13.4. The summed E-state index contributed by atoms with van der Waals surface area (Å²) >= 11 is 6.20. The highest BCUT2D eigenvalue weighted by Crippen LogP contribution is 2.26. The SMILES string of the molecule is Fc1ccc(Cl)c(CN2CCNCC2c2ccccc2)c1. The molecule has 2 aromatic carbocycles. The van der Waals surface area contributed by atoms with Crippen LogP contribution in [0.15, 0.2) is 48.5 Å². The Morgan fingerprint density at radius 2 is 2.00 bits per heavy atom. The number of hydrogen-bond donors (Lipinski definition) is 1. The summed E-state index contributed by atoms with van der Waals surface area (Å²) in [5.74, 6) is -0.235. The molecule has 0 aliphatic carbocycles. The van der Waals surface area contributed by atoms with Gasteiger partial charge >= 0.3 is 0 Å². The van der Waals surface area contributed by atoms with Gasteiger partial charge in [-0.05, 0) is 29.3 Å². The Morgan fingerprint density at radius 3 is 2.81 bits per heavy atom. The fraction of sp³-hybridized carbons (Fsp3) is 0.294. The minimum absolute atomic E-state index is 0.235. The second kappa shape index (κ2) is 6.56. The summed E-state index contributed by atoms with van der Waals surface area (Å²) in [6, 6.07) is 15.3. The van der Waals surface area contributed by atoms with E-state index in [1.54, 1.807) is 6.07 Å². The van der Waals surface area contributed by atoms with Gasteiger partial charge in [-0.2, -0.15) is 0 Å². The zero-order valence-corrected chi connectivity index (χ0v) is 12.5. The van der Waals surface area contributed by atoms with E-state index in [-0.39, 0.29) is 5.82 Å². The van der Waals surface area contributed by atoms with Gasteiger partial charge in [0, 0.05) is 37.2 Å². The predicted octanol–water partition coefficient (Wildman–Crippen LogP) is 3.63. The highest BCUT2D eigenvalue weighted by Gasteiger charge is 2.24. The Morgan fingerprint density at radius 1 is 1.19 bits per heavy atom. The van der Waals surface area contributed by atoms with E-state index >= 15 is 0 Å². The Bertz CT molecular complexity index is 603. The van der Waals surface area contributed by atoms with Crippen molar-refractivity contribution in [3.8, 4) is 0 Å². The van der Waals surface area contributed by atoms with E-state index in [2.05, 4.69) is 34.5 Å². The molecule has 1 N–H and O–H groups in total. The van der Waals surface area contributed by atoms with Gasteiger partial charge in [-0.15, -0.1) is 0 Å². The third-order valence-corrected chi connectivity index (χ3v) is 4.29. The first-order valence-corrected chi connectivity index (χ1v) is 7.55. The van der Waals surface area contributed by atoms with Gasteiger partial charge in [-0.1, -0.05) is 41.9 Å². The van der Waals surface area contributed by atoms with Crippen molar-refractivity contribution in [3.05, 3.63) is 70.5 Å². The lowest BCUT2D eigenvalue weighted by Gasteiger charge is -2.36. The molecule has 110 valence electrons. The summed E-state index contributed by atoms with van der Waals surface area (Å²) in [5, 5.41) is 4.05. The molecule has 1 saturated heterocycles. The second-order valence-corrected chi connectivity index (χ2v) is 5.74. The minimum atomic E-state index is -0.235. The summed E-state index contributed by atoms with van der Waals surface area (Å²) in [5.41, 5.74) is 2.12. The molecule has 2 aromatic rings. The highest BCUT2D eigenvalue weighted by atomic mass is 35.5. The molecule has 21 heavy (non-hydrogen) atoms. The highest BCUT2D eigenvalue weighted by molar-refractivity contribution is 6.31. The monoisotopic (exact) mass is 304 g/mol. The quantitative estimate of drug-likeness (QED) is 0.931. The van der Waals surface area contributed by atoms with Crippen molar-refractivity contribution < 1.29 is 4.39 Å². The number of nitrogens with zero attached hydrogens (tertiary/aromatic N) is 1. The number of nitrogens with one attached hydrogen (secondary N) is 1. The van der Waals surface area contributed by atoms with Crippen molar-refractivity contribution in [1.29, 1.82) is 0 Å². The molecule has 3 rings (SSSR count). The number of halogens is 2. The molecule has 1 aliphatic rings. The van der Waals surface area contributed by atoms with Crippen LogP contribution in [0, 0.1) is 5.82 Å². The van der Waals surface area contributed by atoms with Crippen LogP contribution in [0.1, 0.15) is 17.2 Å². The van der Waals surface area contributed by atoms with Gasteiger partial charge < -0.3 is 5.32 Å². The van der Waals surface area contributed by atoms with Crippen molar-refractivity contribution in [2.24, 2.45) is 0 Å². The molecule has 0 bridgehead atoms. The number of rotatable bonds is 3. The van der Waals surface area contributed by atoms with Crippen molar-refractivity contribution in [2.75, 3.05) is 19.6 Å². The van der Waals surface area contributed by atoms with Gasteiger partial charge in [0.05, 0.1) is 0 Å². The number of benzene rings is 2. The number of hydrogen-bond acceptors (Lipinski definition) is 2. The van der Waals surface area contributed by atoms with Crippen LogP contribution in [0.25, 0.3) is 0 Å². The lowest BCUT2D eigenvalue weighted by molar-refractivity contribution is 0.153. The van der Waals surface area contributed by atoms with Gasteiger partial charge in [0.2, 0.25) is 0 Å². The van der Waals surface area contributed by atoms with E-state index < -0.39 is 0 Å². The Hall–Kier alpha value is -1.42. The maximum Gasteiger partial charge on any atom is 0.123 e. The first-order valence-electron chi connectivity index (χ1n) is 7.17. The van der Waals surface area contributed by atoms with E-state index in [0.29, 0.717) is 17.6 Å². The molecule has 1 fully saturated rings. The van der Waals surface area contributed by atoms with Crippen LogP contribution in [0.4, 0.5) is 4.39 Å². The van der Waals surface area contributed by atoms with Gasteiger partial charge in [0.1, 0.15) is 5.82 Å². The van der Waals surface area contributed by atoms with Crippen LogP contribution in [0.2, 0.25) is 5.02 Å². The van der Waals surface area contributed by atoms with Crippen molar-refractivity contribution in [3.63, 3.8) is 0 Å². The van der Waals surface area contributed by atoms with Gasteiger partial charge in [-0.25, -0.2) is 4.39 Å². The third kappa shape index (κ3) is 3.43. The van der Waals surface area contributed by atoms with Gasteiger partial charge in [-0.3, -0.25) is 4.90 Å². The molecule has 0 aromatic heterocycles. The summed E-state index contributed by atoms with van der Waals surface area (Å²) < 4.78 is 13.4. The lowest BCUT2D eigenvalue weighted by atomic mass is 10.0. The largest absolute Gasteiger partial charge is 0.314 e. The van der Waals surface area contributed by atoms with Crippen LogP contribution in [-0.4, -0.2) is 24.5 Å². The molecule has 0 amide bonds. The maximum absolute atomic E-state index is 13.4. The van der Waals surface area contributed by atoms with Crippen LogP contribution in [-0.2, 0) is 6.54 Å². The molecule has 1 heterocycles. The molecule has 1 unspecified atom stereocenters. The van der Waals surface area contributed by atoms with E-state index in [1.165, 1.54) is 17.7 Å². The molecule has 0 radical (unpaired) electrons. The fourth-order valence-electron chi connectivity index (χ4n) is 2.82. The molecule has 1 aliphatic heterocycles. The topological polar surface area (TPSA) is 15.3 Å². The van der Waals surface area contributed by atoms with Gasteiger partial charge in [0.15, 0.2) is 0 Å². The lowest BCUT2D eigenvalue weighted by Crippen LogP contribution is -2.45. The average molecular weight is 305 g/mol. The zero-order valence-electron chi connectivity index (χ0n) is 11.7.